The number of hydrazone groups is 1. The Bertz CT molecular complexity index is 910. The molecule has 2 aromatic rings. The molecule has 0 aromatic heterocycles. The van der Waals surface area contributed by atoms with Crippen molar-refractivity contribution in [2.24, 2.45) is 10.8 Å². The maximum atomic E-state index is 12.9. The molecule has 0 bridgehead atoms. The molecule has 2 aliphatic heterocycles. The van der Waals surface area contributed by atoms with Crippen molar-refractivity contribution in [3.8, 4) is 0 Å². The van der Waals surface area contributed by atoms with E-state index in [0.29, 0.717) is 12.3 Å². The van der Waals surface area contributed by atoms with E-state index in [1.807, 2.05) is 48.5 Å². The summed E-state index contributed by atoms with van der Waals surface area (Å²) in [7, 11) is 0. The number of para-hydroxylation sites is 1. The summed E-state index contributed by atoms with van der Waals surface area (Å²) in [4.78, 5) is 27.3. The predicted octanol–water partition coefficient (Wildman–Crippen LogP) is 2.06. The van der Waals surface area contributed by atoms with Crippen LogP contribution in [-0.2, 0) is 9.59 Å². The summed E-state index contributed by atoms with van der Waals surface area (Å²) < 4.78 is 0. The van der Waals surface area contributed by atoms with Crippen LogP contribution in [-0.4, -0.2) is 48.1 Å². The van der Waals surface area contributed by atoms with Crippen LogP contribution in [0, 0.1) is 0 Å². The first-order valence-corrected chi connectivity index (χ1v) is 10.4. The van der Waals surface area contributed by atoms with Crippen molar-refractivity contribution >= 4 is 23.2 Å². The van der Waals surface area contributed by atoms with Crippen molar-refractivity contribution in [3.05, 3.63) is 66.2 Å². The lowest BCUT2D eigenvalue weighted by Crippen LogP contribution is -2.41. The maximum absolute atomic E-state index is 12.9. The van der Waals surface area contributed by atoms with Crippen LogP contribution in [0.1, 0.15) is 30.9 Å². The van der Waals surface area contributed by atoms with Gasteiger partial charge in [-0.1, -0.05) is 48.5 Å². The summed E-state index contributed by atoms with van der Waals surface area (Å²) in [6, 6.07) is 19.0. The van der Waals surface area contributed by atoms with Gasteiger partial charge in [0.25, 0.3) is 5.91 Å². The average Bonchev–Trinajstić information content (AvgIpc) is 3.46. The molecule has 2 aliphatic rings. The number of nitrogens with one attached hydrogen (secondary N) is 1. The van der Waals surface area contributed by atoms with Crippen LogP contribution in [0.4, 0.5) is 5.69 Å². The number of amides is 2. The van der Waals surface area contributed by atoms with E-state index in [4.69, 9.17) is 5.73 Å². The third-order valence-electron chi connectivity index (χ3n) is 5.74. The van der Waals surface area contributed by atoms with E-state index in [0.717, 1.165) is 18.8 Å². The van der Waals surface area contributed by atoms with Gasteiger partial charge in [-0.3, -0.25) is 19.5 Å². The lowest BCUT2D eigenvalue weighted by molar-refractivity contribution is -0.119. The van der Waals surface area contributed by atoms with E-state index in [-0.39, 0.29) is 18.4 Å². The molecule has 30 heavy (non-hydrogen) atoms. The minimum atomic E-state index is -0.656. The highest BCUT2D eigenvalue weighted by atomic mass is 16.2. The zero-order valence-electron chi connectivity index (χ0n) is 16.9. The first-order valence-electron chi connectivity index (χ1n) is 10.4. The third-order valence-corrected chi connectivity index (χ3v) is 5.74. The molecular weight excluding hydrogens is 378 g/mol. The number of benzene rings is 2. The molecule has 7 heteroatoms. The zero-order valence-corrected chi connectivity index (χ0v) is 16.9. The minimum Gasteiger partial charge on any atom is -0.368 e. The van der Waals surface area contributed by atoms with Crippen molar-refractivity contribution in [1.29, 1.82) is 0 Å². The summed E-state index contributed by atoms with van der Waals surface area (Å²) in [6.45, 7) is 2.55. The molecule has 0 aliphatic carbocycles. The highest BCUT2D eigenvalue weighted by molar-refractivity contribution is 6.40. The summed E-state index contributed by atoms with van der Waals surface area (Å²) >= 11 is 0. The van der Waals surface area contributed by atoms with E-state index in [1.54, 1.807) is 5.01 Å². The molecule has 0 saturated carbocycles. The van der Waals surface area contributed by atoms with Gasteiger partial charge in [-0.05, 0) is 43.6 Å². The molecule has 1 fully saturated rings. The van der Waals surface area contributed by atoms with Gasteiger partial charge < -0.3 is 11.1 Å². The lowest BCUT2D eigenvalue weighted by Gasteiger charge is -2.28. The van der Waals surface area contributed by atoms with Gasteiger partial charge in [0.05, 0.1) is 11.7 Å². The molecule has 4 rings (SSSR count). The van der Waals surface area contributed by atoms with Crippen molar-refractivity contribution in [2.45, 2.75) is 31.3 Å². The van der Waals surface area contributed by atoms with Crippen molar-refractivity contribution in [1.82, 2.24) is 10.2 Å². The number of hydrogen-bond acceptors (Lipinski definition) is 5. The fourth-order valence-corrected chi connectivity index (χ4v) is 4.17. The number of carbonyl (C=O) groups is 2. The normalized spacial score (nSPS) is 20.1. The summed E-state index contributed by atoms with van der Waals surface area (Å²) in [5.41, 5.74) is 7.83. The molecule has 0 radical (unpaired) electrons. The molecule has 2 aromatic carbocycles. The third kappa shape index (κ3) is 4.36. The summed E-state index contributed by atoms with van der Waals surface area (Å²) in [6.07, 6.45) is 2.56. The van der Waals surface area contributed by atoms with Crippen LogP contribution in [0.3, 0.4) is 0 Å². The molecule has 0 unspecified atom stereocenters. The molecule has 2 heterocycles. The summed E-state index contributed by atoms with van der Waals surface area (Å²) in [5, 5.41) is 9.02. The second-order valence-electron chi connectivity index (χ2n) is 7.73. The Labute approximate surface area is 176 Å². The Morgan fingerprint density at radius 3 is 2.30 bits per heavy atom. The van der Waals surface area contributed by atoms with Crippen molar-refractivity contribution < 1.29 is 9.59 Å². The molecule has 156 valence electrons. The van der Waals surface area contributed by atoms with Gasteiger partial charge in [-0.15, -0.1) is 0 Å². The Morgan fingerprint density at radius 2 is 1.67 bits per heavy atom. The number of nitrogens with two attached hydrogens (primary N) is 1. The van der Waals surface area contributed by atoms with E-state index < -0.39 is 11.9 Å². The fourth-order valence-electron chi connectivity index (χ4n) is 4.17. The van der Waals surface area contributed by atoms with E-state index in [1.165, 1.54) is 18.4 Å². The Kier molecular flexibility index (Phi) is 6.09. The van der Waals surface area contributed by atoms with Crippen molar-refractivity contribution in [3.63, 3.8) is 0 Å². The monoisotopic (exact) mass is 405 g/mol. The number of primary amides is 1. The average molecular weight is 406 g/mol. The summed E-state index contributed by atoms with van der Waals surface area (Å²) in [5.74, 6) is -0.746. The fraction of sp³-hybridized carbons (Fsp3) is 0.348. The van der Waals surface area contributed by atoms with E-state index >= 15 is 0 Å². The smallest absolute Gasteiger partial charge is 0.267 e. The Hall–Kier alpha value is -3.19. The number of rotatable bonds is 7. The largest absolute Gasteiger partial charge is 0.368 e. The highest BCUT2D eigenvalue weighted by Gasteiger charge is 2.35. The Balaban J connectivity index is 1.47. The van der Waals surface area contributed by atoms with Crippen molar-refractivity contribution in [2.75, 3.05) is 24.6 Å². The van der Waals surface area contributed by atoms with Gasteiger partial charge in [0.2, 0.25) is 5.91 Å². The van der Waals surface area contributed by atoms with Crippen LogP contribution in [0.15, 0.2) is 65.8 Å². The predicted molar refractivity (Wildman–Crippen MR) is 117 cm³/mol. The van der Waals surface area contributed by atoms with Gasteiger partial charge in [0, 0.05) is 13.0 Å². The SMILES string of the molecule is NC(=O)[C@H]1CC(C(=O)NC[C@H](c2ccccc2)N2CCCC2)=NN1c1ccccc1. The quantitative estimate of drug-likeness (QED) is 0.738. The van der Waals surface area contributed by atoms with E-state index in [9.17, 15) is 9.59 Å². The number of anilines is 1. The first-order chi connectivity index (χ1) is 14.6. The van der Waals surface area contributed by atoms with Gasteiger partial charge in [0.1, 0.15) is 11.8 Å². The number of hydrogen-bond donors (Lipinski definition) is 2. The van der Waals surface area contributed by atoms with Crippen LogP contribution in [0.25, 0.3) is 0 Å². The maximum Gasteiger partial charge on any atom is 0.267 e. The molecule has 1 saturated heterocycles. The standard InChI is InChI=1S/C23H27N5O2/c24-22(29)20-15-19(26-28(20)18-11-5-2-6-12-18)23(30)25-16-21(27-13-7-8-14-27)17-9-3-1-4-10-17/h1-6,9-12,20-21H,7-8,13-16H2,(H2,24,29)(H,25,30)/t20-,21-/m1/s1. The number of likely N-dealkylation sites (tertiary alicyclic amines) is 1. The molecule has 7 nitrogen and oxygen atoms in total. The Morgan fingerprint density at radius 1 is 1.03 bits per heavy atom. The molecular formula is C23H27N5O2. The molecule has 3 N–H and O–H groups in total. The van der Waals surface area contributed by atoms with Gasteiger partial charge in [0.15, 0.2) is 0 Å². The topological polar surface area (TPSA) is 91.0 Å². The molecule has 0 spiro atoms. The van der Waals surface area contributed by atoms with Crippen LogP contribution < -0.4 is 16.1 Å². The second-order valence-corrected chi connectivity index (χ2v) is 7.73. The molecule has 2 amide bonds. The van der Waals surface area contributed by atoms with Gasteiger partial charge >= 0.3 is 0 Å². The van der Waals surface area contributed by atoms with Crippen LogP contribution in [0.2, 0.25) is 0 Å². The second kappa shape index (κ2) is 9.09. The zero-order chi connectivity index (χ0) is 20.9. The molecule has 2 atom stereocenters. The highest BCUT2D eigenvalue weighted by Crippen LogP contribution is 2.26. The van der Waals surface area contributed by atoms with Gasteiger partial charge in [-0.25, -0.2) is 0 Å². The van der Waals surface area contributed by atoms with Crippen LogP contribution in [0.5, 0.6) is 0 Å². The lowest BCUT2D eigenvalue weighted by atomic mass is 10.1. The van der Waals surface area contributed by atoms with Crippen LogP contribution >= 0.6 is 0 Å². The van der Waals surface area contributed by atoms with E-state index in [2.05, 4.69) is 27.5 Å². The minimum absolute atomic E-state index is 0.122. The van der Waals surface area contributed by atoms with Gasteiger partial charge in [-0.2, -0.15) is 5.10 Å². The number of carbonyl (C=O) groups excluding carboxylic acids is 2. The first kappa shape index (κ1) is 20.1. The number of nitrogens with zero attached hydrogens (tertiary/aromatic N) is 3.